The number of alkyl halides is 1. The molecule has 52 valence electrons. The van der Waals surface area contributed by atoms with Crippen LogP contribution in [0.1, 0.15) is 6.92 Å². The number of hydrogen-bond donors (Lipinski definition) is 1. The van der Waals surface area contributed by atoms with Gasteiger partial charge < -0.3 is 5.73 Å². The van der Waals surface area contributed by atoms with Crippen LogP contribution >= 0.6 is 15.9 Å². The van der Waals surface area contributed by atoms with Gasteiger partial charge in [-0.1, -0.05) is 40.7 Å². The zero-order valence-electron chi connectivity index (χ0n) is 5.55. The number of hydrogen-bond acceptors (Lipinski definition) is 1. The van der Waals surface area contributed by atoms with Gasteiger partial charge in [-0.3, -0.25) is 0 Å². The van der Waals surface area contributed by atoms with Crippen molar-refractivity contribution in [2.75, 3.05) is 0 Å². The summed E-state index contributed by atoms with van der Waals surface area (Å²) in [5.41, 5.74) is 5.54. The molecule has 0 saturated heterocycles. The highest BCUT2D eigenvalue weighted by atomic mass is 79.9. The lowest BCUT2D eigenvalue weighted by Gasteiger charge is -2.06. The van der Waals surface area contributed by atoms with Crippen molar-refractivity contribution in [1.29, 1.82) is 0 Å². The van der Waals surface area contributed by atoms with Gasteiger partial charge in [0.15, 0.2) is 0 Å². The fraction of sp³-hybridized carbons (Fsp3) is 0.429. The predicted molar refractivity (Wildman–Crippen MR) is 45.7 cm³/mol. The lowest BCUT2D eigenvalue weighted by molar-refractivity contribution is 0.780. The second kappa shape index (κ2) is 4.77. The Hall–Kier alpha value is -0.0800. The first-order valence-corrected chi connectivity index (χ1v) is 3.79. The van der Waals surface area contributed by atoms with Crippen molar-refractivity contribution >= 4 is 15.9 Å². The molecule has 0 aliphatic heterocycles. The fourth-order valence-electron chi connectivity index (χ4n) is 0.360. The first-order valence-electron chi connectivity index (χ1n) is 2.87. The van der Waals surface area contributed by atoms with Crippen molar-refractivity contribution in [2.24, 2.45) is 5.73 Å². The third-order valence-electron chi connectivity index (χ3n) is 0.933. The first-order chi connectivity index (χ1) is 4.18. The minimum absolute atomic E-state index is 0.154. The zero-order chi connectivity index (χ0) is 7.28. The molecule has 0 saturated carbocycles. The van der Waals surface area contributed by atoms with Crippen molar-refractivity contribution in [3.05, 3.63) is 24.8 Å². The quantitative estimate of drug-likeness (QED) is 0.533. The second-order valence-electron chi connectivity index (χ2n) is 1.92. The summed E-state index contributed by atoms with van der Waals surface area (Å²) in [5, 5.41) is 0. The molecule has 0 aromatic carbocycles. The summed E-state index contributed by atoms with van der Waals surface area (Å²) in [6.45, 7) is 5.49. The van der Waals surface area contributed by atoms with Gasteiger partial charge in [0, 0.05) is 10.9 Å². The highest BCUT2D eigenvalue weighted by Crippen LogP contribution is 2.04. The third kappa shape index (κ3) is 4.43. The van der Waals surface area contributed by atoms with Crippen LogP contribution in [-0.4, -0.2) is 10.9 Å². The highest BCUT2D eigenvalue weighted by Gasteiger charge is 2.02. The molecule has 9 heavy (non-hydrogen) atoms. The summed E-state index contributed by atoms with van der Waals surface area (Å²) in [7, 11) is 0. The van der Waals surface area contributed by atoms with E-state index in [4.69, 9.17) is 5.73 Å². The topological polar surface area (TPSA) is 26.0 Å². The van der Waals surface area contributed by atoms with E-state index < -0.39 is 0 Å². The molecular formula is C7H12BrN. The summed E-state index contributed by atoms with van der Waals surface area (Å²) < 4.78 is 0. The van der Waals surface area contributed by atoms with Crippen LogP contribution < -0.4 is 5.73 Å². The summed E-state index contributed by atoms with van der Waals surface area (Å²) in [5.74, 6) is 0. The van der Waals surface area contributed by atoms with Gasteiger partial charge in [-0.15, -0.1) is 0 Å². The highest BCUT2D eigenvalue weighted by molar-refractivity contribution is 9.09. The smallest absolute Gasteiger partial charge is 0.0477 e. The average molecular weight is 190 g/mol. The molecule has 0 aromatic heterocycles. The molecule has 0 aliphatic rings. The minimum atomic E-state index is 0.154. The van der Waals surface area contributed by atoms with Gasteiger partial charge in [-0.2, -0.15) is 0 Å². The van der Waals surface area contributed by atoms with Crippen LogP contribution in [0.25, 0.3) is 0 Å². The normalized spacial score (nSPS) is 17.7. The van der Waals surface area contributed by atoms with Gasteiger partial charge in [-0.25, -0.2) is 0 Å². The van der Waals surface area contributed by atoms with Crippen molar-refractivity contribution in [3.8, 4) is 0 Å². The van der Waals surface area contributed by atoms with E-state index >= 15 is 0 Å². The van der Waals surface area contributed by atoms with Crippen molar-refractivity contribution < 1.29 is 0 Å². The van der Waals surface area contributed by atoms with Crippen LogP contribution in [0.2, 0.25) is 0 Å². The summed E-state index contributed by atoms with van der Waals surface area (Å²) in [6, 6.07) is 0.154. The molecule has 0 amide bonds. The Bertz CT molecular complexity index is 107. The summed E-state index contributed by atoms with van der Waals surface area (Å²) >= 11 is 3.38. The molecule has 0 rings (SSSR count). The molecule has 0 radical (unpaired) electrons. The van der Waals surface area contributed by atoms with Crippen molar-refractivity contribution in [1.82, 2.24) is 0 Å². The van der Waals surface area contributed by atoms with Crippen LogP contribution in [-0.2, 0) is 0 Å². The average Bonchev–Trinajstić information content (AvgIpc) is 1.82. The van der Waals surface area contributed by atoms with Crippen LogP contribution in [0.15, 0.2) is 24.8 Å². The van der Waals surface area contributed by atoms with Crippen LogP contribution in [0.4, 0.5) is 0 Å². The second-order valence-corrected chi connectivity index (χ2v) is 2.98. The Morgan fingerprint density at radius 2 is 2.22 bits per heavy atom. The molecule has 2 atom stereocenters. The van der Waals surface area contributed by atoms with E-state index in [0.717, 1.165) is 0 Å². The van der Waals surface area contributed by atoms with Gasteiger partial charge in [0.05, 0.1) is 0 Å². The molecule has 1 nitrogen and oxygen atoms in total. The minimum Gasteiger partial charge on any atom is -0.327 e. The van der Waals surface area contributed by atoms with E-state index in [1.807, 2.05) is 19.1 Å². The molecule has 0 aliphatic carbocycles. The monoisotopic (exact) mass is 189 g/mol. The Morgan fingerprint density at radius 1 is 1.67 bits per heavy atom. The van der Waals surface area contributed by atoms with E-state index in [1.54, 1.807) is 6.08 Å². The maximum atomic E-state index is 5.54. The van der Waals surface area contributed by atoms with E-state index in [0.29, 0.717) is 0 Å². The van der Waals surface area contributed by atoms with Gasteiger partial charge in [-0.05, 0) is 6.92 Å². The van der Waals surface area contributed by atoms with Crippen LogP contribution in [0, 0.1) is 0 Å². The number of rotatable bonds is 3. The summed E-state index contributed by atoms with van der Waals surface area (Å²) in [6.07, 6.45) is 5.58. The van der Waals surface area contributed by atoms with E-state index in [-0.39, 0.29) is 10.9 Å². The van der Waals surface area contributed by atoms with Crippen molar-refractivity contribution in [2.45, 2.75) is 17.8 Å². The predicted octanol–water partition coefficient (Wildman–Crippen LogP) is 1.84. The maximum absolute atomic E-state index is 5.54. The van der Waals surface area contributed by atoms with Gasteiger partial charge in [0.2, 0.25) is 0 Å². The van der Waals surface area contributed by atoms with E-state index in [2.05, 4.69) is 22.5 Å². The number of nitrogens with two attached hydrogens (primary N) is 1. The SMILES string of the molecule is C=C/C=C\[C@@H](Br)C(C)N. The maximum Gasteiger partial charge on any atom is 0.0477 e. The Labute approximate surface area is 64.8 Å². The molecule has 2 N–H and O–H groups in total. The Morgan fingerprint density at radius 3 is 2.56 bits per heavy atom. The van der Waals surface area contributed by atoms with Crippen molar-refractivity contribution in [3.63, 3.8) is 0 Å². The van der Waals surface area contributed by atoms with E-state index in [9.17, 15) is 0 Å². The largest absolute Gasteiger partial charge is 0.327 e. The molecule has 0 spiro atoms. The molecule has 0 bridgehead atoms. The molecular weight excluding hydrogens is 178 g/mol. The molecule has 0 heterocycles. The molecule has 0 aromatic rings. The van der Waals surface area contributed by atoms with E-state index in [1.165, 1.54) is 0 Å². The number of halogens is 1. The Kier molecular flexibility index (Phi) is 4.72. The lowest BCUT2D eigenvalue weighted by atomic mass is 10.2. The standard InChI is InChI=1S/C7H12BrN/c1-3-4-5-7(8)6(2)9/h3-7H,1,9H2,2H3/b5-4-/t6?,7-/m1/s1. The molecule has 2 heteroatoms. The first kappa shape index (κ1) is 8.92. The molecule has 1 unspecified atom stereocenters. The fourth-order valence-corrected chi connectivity index (χ4v) is 0.536. The lowest BCUT2D eigenvalue weighted by Crippen LogP contribution is -2.24. The Balaban J connectivity index is 3.61. The van der Waals surface area contributed by atoms with Crippen LogP contribution in [0.3, 0.4) is 0 Å². The summed E-state index contributed by atoms with van der Waals surface area (Å²) in [4.78, 5) is 0.260. The van der Waals surface area contributed by atoms with Crippen LogP contribution in [0.5, 0.6) is 0 Å². The third-order valence-corrected chi connectivity index (χ3v) is 2.07. The zero-order valence-corrected chi connectivity index (χ0v) is 7.14. The van der Waals surface area contributed by atoms with Gasteiger partial charge in [0.1, 0.15) is 0 Å². The molecule has 0 fully saturated rings. The van der Waals surface area contributed by atoms with Gasteiger partial charge >= 0.3 is 0 Å². The number of allylic oxidation sites excluding steroid dienone is 2. The van der Waals surface area contributed by atoms with Gasteiger partial charge in [0.25, 0.3) is 0 Å².